The summed E-state index contributed by atoms with van der Waals surface area (Å²) in [6.45, 7) is 6.11. The largest absolute Gasteiger partial charge is 0.463 e. The Hall–Kier alpha value is -0.570. The number of carbonyl (C=O) groups is 1. The monoisotopic (exact) mass is 366 g/mol. The van der Waals surface area contributed by atoms with Crippen LogP contribution < -0.4 is 0 Å². The van der Waals surface area contributed by atoms with Gasteiger partial charge in [-0.25, -0.2) is 4.79 Å². The standard InChI is InChI=1S/C19H27BrO2/c1-3-22-19(21)12(2)5-4-6-17(20)18-15-8-13-7-14(10-15)11-16(18)9-13/h13-16H,2-11H2,1H3. The van der Waals surface area contributed by atoms with Gasteiger partial charge in [0.05, 0.1) is 6.61 Å². The van der Waals surface area contributed by atoms with Gasteiger partial charge >= 0.3 is 5.97 Å². The quantitative estimate of drug-likeness (QED) is 0.465. The van der Waals surface area contributed by atoms with E-state index in [1.54, 1.807) is 5.57 Å². The van der Waals surface area contributed by atoms with Gasteiger partial charge in [0, 0.05) is 5.57 Å². The summed E-state index contributed by atoms with van der Waals surface area (Å²) in [5.41, 5.74) is 2.34. The topological polar surface area (TPSA) is 26.3 Å². The molecule has 0 unspecified atom stereocenters. The minimum Gasteiger partial charge on any atom is -0.463 e. The van der Waals surface area contributed by atoms with Crippen LogP contribution >= 0.6 is 15.9 Å². The fourth-order valence-electron chi connectivity index (χ4n) is 5.07. The van der Waals surface area contributed by atoms with Gasteiger partial charge in [-0.15, -0.1) is 0 Å². The van der Waals surface area contributed by atoms with Gasteiger partial charge in [0.1, 0.15) is 0 Å². The number of carbonyl (C=O) groups excluding carboxylic acids is 1. The van der Waals surface area contributed by atoms with E-state index in [-0.39, 0.29) is 5.97 Å². The predicted molar refractivity (Wildman–Crippen MR) is 92.6 cm³/mol. The van der Waals surface area contributed by atoms with Crippen molar-refractivity contribution in [2.24, 2.45) is 23.7 Å². The van der Waals surface area contributed by atoms with Gasteiger partial charge in [-0.1, -0.05) is 28.1 Å². The summed E-state index contributed by atoms with van der Waals surface area (Å²) in [4.78, 5) is 11.6. The number of halogens is 1. The molecular formula is C19H27BrO2. The second kappa shape index (κ2) is 6.90. The Balaban J connectivity index is 1.54. The summed E-state index contributed by atoms with van der Waals surface area (Å²) in [5.74, 6) is 3.48. The molecule has 0 aromatic carbocycles. The number of hydrogen-bond donors (Lipinski definition) is 0. The second-order valence-electron chi connectivity index (χ2n) is 7.34. The molecule has 0 saturated heterocycles. The number of hydrogen-bond acceptors (Lipinski definition) is 2. The Labute approximate surface area is 142 Å². The van der Waals surface area contributed by atoms with Crippen LogP contribution in [0.4, 0.5) is 0 Å². The lowest BCUT2D eigenvalue weighted by atomic mass is 9.54. The lowest BCUT2D eigenvalue weighted by molar-refractivity contribution is -0.138. The summed E-state index contributed by atoms with van der Waals surface area (Å²) in [6.07, 6.45) is 9.95. The minimum absolute atomic E-state index is 0.235. The molecule has 0 spiro atoms. The molecule has 4 aliphatic carbocycles. The van der Waals surface area contributed by atoms with Gasteiger partial charge in [0.15, 0.2) is 0 Å². The highest BCUT2D eigenvalue weighted by atomic mass is 79.9. The van der Waals surface area contributed by atoms with E-state index in [4.69, 9.17) is 4.74 Å². The Bertz CT molecular complexity index is 462. The van der Waals surface area contributed by atoms with E-state index in [1.807, 2.05) is 6.92 Å². The molecule has 3 heteroatoms. The second-order valence-corrected chi connectivity index (χ2v) is 8.30. The van der Waals surface area contributed by atoms with Crippen LogP contribution in [-0.2, 0) is 9.53 Å². The normalized spacial score (nSPS) is 32.2. The molecule has 0 heterocycles. The third-order valence-corrected chi connectivity index (χ3v) is 6.62. The molecule has 0 aromatic rings. The molecule has 0 radical (unpaired) electrons. The number of allylic oxidation sites excluding steroid dienone is 2. The van der Waals surface area contributed by atoms with Crippen LogP contribution in [0.1, 0.15) is 58.3 Å². The number of ether oxygens (including phenoxy) is 1. The van der Waals surface area contributed by atoms with E-state index < -0.39 is 0 Å². The Morgan fingerprint density at radius 1 is 1.14 bits per heavy atom. The molecule has 4 aliphatic rings. The third kappa shape index (κ3) is 3.34. The van der Waals surface area contributed by atoms with Gasteiger partial charge in [-0.2, -0.15) is 0 Å². The molecule has 4 fully saturated rings. The summed E-state index contributed by atoms with van der Waals surface area (Å²) < 4.78 is 6.42. The highest BCUT2D eigenvalue weighted by molar-refractivity contribution is 9.11. The van der Waals surface area contributed by atoms with Crippen molar-refractivity contribution in [1.82, 2.24) is 0 Å². The molecule has 4 rings (SSSR count). The number of rotatable bonds is 6. The van der Waals surface area contributed by atoms with Crippen LogP contribution in [0, 0.1) is 23.7 Å². The molecule has 0 atom stereocenters. The zero-order valence-electron chi connectivity index (χ0n) is 13.6. The van der Waals surface area contributed by atoms with E-state index >= 15 is 0 Å². The van der Waals surface area contributed by atoms with Crippen LogP contribution in [0.3, 0.4) is 0 Å². The van der Waals surface area contributed by atoms with Crippen molar-refractivity contribution in [3.63, 3.8) is 0 Å². The van der Waals surface area contributed by atoms with Crippen molar-refractivity contribution in [2.45, 2.75) is 58.3 Å². The molecule has 4 bridgehead atoms. The van der Waals surface area contributed by atoms with Crippen molar-refractivity contribution < 1.29 is 9.53 Å². The molecule has 122 valence electrons. The van der Waals surface area contributed by atoms with E-state index in [2.05, 4.69) is 22.5 Å². The van der Waals surface area contributed by atoms with Gasteiger partial charge in [-0.05, 0) is 86.4 Å². The minimum atomic E-state index is -0.235. The maximum atomic E-state index is 11.6. The molecule has 0 aromatic heterocycles. The van der Waals surface area contributed by atoms with E-state index in [1.165, 1.54) is 36.6 Å². The first-order valence-corrected chi connectivity index (χ1v) is 9.61. The van der Waals surface area contributed by atoms with Gasteiger partial charge < -0.3 is 4.74 Å². The predicted octanol–water partition coefficient (Wildman–Crippen LogP) is 5.38. The Morgan fingerprint density at radius 3 is 2.27 bits per heavy atom. The molecule has 0 aliphatic heterocycles. The third-order valence-electron chi connectivity index (χ3n) is 5.77. The van der Waals surface area contributed by atoms with Crippen molar-refractivity contribution in [1.29, 1.82) is 0 Å². The first kappa shape index (κ1) is 16.3. The van der Waals surface area contributed by atoms with E-state index in [0.717, 1.165) is 42.9 Å². The first-order valence-electron chi connectivity index (χ1n) is 8.81. The van der Waals surface area contributed by atoms with Crippen LogP contribution in [-0.4, -0.2) is 12.6 Å². The van der Waals surface area contributed by atoms with Crippen LogP contribution in [0.25, 0.3) is 0 Å². The van der Waals surface area contributed by atoms with Crippen LogP contribution in [0.15, 0.2) is 22.2 Å². The maximum Gasteiger partial charge on any atom is 0.333 e. The fourth-order valence-corrected chi connectivity index (χ4v) is 6.00. The molecule has 0 amide bonds. The highest BCUT2D eigenvalue weighted by Gasteiger charge is 2.45. The van der Waals surface area contributed by atoms with Gasteiger partial charge in [0.2, 0.25) is 0 Å². The highest BCUT2D eigenvalue weighted by Crippen LogP contribution is 2.57. The van der Waals surface area contributed by atoms with Crippen LogP contribution in [0.2, 0.25) is 0 Å². The summed E-state index contributed by atoms with van der Waals surface area (Å²) in [6, 6.07) is 0. The van der Waals surface area contributed by atoms with Gasteiger partial charge in [-0.3, -0.25) is 0 Å². The molecular weight excluding hydrogens is 340 g/mol. The summed E-state index contributed by atoms with van der Waals surface area (Å²) in [5, 5.41) is 0. The molecule has 4 saturated carbocycles. The van der Waals surface area contributed by atoms with Crippen molar-refractivity contribution in [3.05, 3.63) is 22.2 Å². The zero-order valence-corrected chi connectivity index (χ0v) is 15.2. The maximum absolute atomic E-state index is 11.6. The van der Waals surface area contributed by atoms with E-state index in [9.17, 15) is 4.79 Å². The van der Waals surface area contributed by atoms with Gasteiger partial charge in [0.25, 0.3) is 0 Å². The molecule has 0 N–H and O–H groups in total. The average Bonchev–Trinajstić information content (AvgIpc) is 2.46. The fraction of sp³-hybridized carbons (Fsp3) is 0.737. The van der Waals surface area contributed by atoms with Crippen molar-refractivity contribution in [3.8, 4) is 0 Å². The van der Waals surface area contributed by atoms with Crippen LogP contribution in [0.5, 0.6) is 0 Å². The van der Waals surface area contributed by atoms with Crippen molar-refractivity contribution >= 4 is 21.9 Å². The zero-order chi connectivity index (χ0) is 15.7. The SMILES string of the molecule is C=C(CCCC(Br)=C1C2CC3CC(C2)CC1C3)C(=O)OCC. The lowest BCUT2D eigenvalue weighted by Crippen LogP contribution is -2.40. The molecule has 2 nitrogen and oxygen atoms in total. The summed E-state index contributed by atoms with van der Waals surface area (Å²) >= 11 is 3.88. The lowest BCUT2D eigenvalue weighted by Gasteiger charge is -2.52. The summed E-state index contributed by atoms with van der Waals surface area (Å²) in [7, 11) is 0. The number of esters is 1. The average molecular weight is 367 g/mol. The van der Waals surface area contributed by atoms with Crippen molar-refractivity contribution in [2.75, 3.05) is 6.61 Å². The first-order chi connectivity index (χ1) is 10.6. The van der Waals surface area contributed by atoms with E-state index in [0.29, 0.717) is 12.2 Å². The smallest absolute Gasteiger partial charge is 0.333 e. The Morgan fingerprint density at radius 2 is 1.73 bits per heavy atom. The molecule has 22 heavy (non-hydrogen) atoms. The Kier molecular flexibility index (Phi) is 5.11.